The summed E-state index contributed by atoms with van der Waals surface area (Å²) in [5.41, 5.74) is 2.31. The molecule has 3 aromatic rings. The van der Waals surface area contributed by atoms with Gasteiger partial charge in [-0.25, -0.2) is 18.5 Å². The Hall–Kier alpha value is -1.64. The molecule has 0 fully saturated rings. The number of aromatic amines is 1. The van der Waals surface area contributed by atoms with Crippen molar-refractivity contribution in [3.63, 3.8) is 0 Å². The minimum Gasteiger partial charge on any atom is -0.412 e. The summed E-state index contributed by atoms with van der Waals surface area (Å²) in [5, 5.41) is 5.20. The first-order valence-electron chi connectivity index (χ1n) is 6.18. The van der Waals surface area contributed by atoms with Gasteiger partial charge < -0.3 is 10.5 Å². The fourth-order valence-corrected chi connectivity index (χ4v) is 3.25. The second-order valence-electron chi connectivity index (χ2n) is 4.69. The van der Waals surface area contributed by atoms with E-state index in [1.807, 2.05) is 30.3 Å². The molecule has 23 heavy (non-hydrogen) atoms. The Morgan fingerprint density at radius 2 is 1.83 bits per heavy atom. The lowest BCUT2D eigenvalue weighted by molar-refractivity contribution is 0.598. The van der Waals surface area contributed by atoms with E-state index in [0.29, 0.717) is 17.5 Å². The smallest absolute Gasteiger partial charge is 0.239 e. The van der Waals surface area contributed by atoms with Gasteiger partial charge in [-0.2, -0.15) is 0 Å². The number of rotatable bonds is 3. The van der Waals surface area contributed by atoms with Crippen molar-refractivity contribution in [1.29, 1.82) is 0 Å². The Morgan fingerprint density at radius 3 is 2.43 bits per heavy atom. The third-order valence-electron chi connectivity index (χ3n) is 3.11. The fourth-order valence-electron chi connectivity index (χ4n) is 2.16. The summed E-state index contributed by atoms with van der Waals surface area (Å²) >= 11 is 5.94. The van der Waals surface area contributed by atoms with Crippen molar-refractivity contribution < 1.29 is 13.9 Å². The quantitative estimate of drug-likeness (QED) is 0.728. The predicted molar refractivity (Wildman–Crippen MR) is 92.6 cm³/mol. The van der Waals surface area contributed by atoms with Crippen LogP contribution in [0.4, 0.5) is 0 Å². The summed E-state index contributed by atoms with van der Waals surface area (Å²) in [6, 6.07) is 12.8. The Labute approximate surface area is 144 Å². The lowest BCUT2D eigenvalue weighted by atomic mass is 10.1. The number of halogens is 2. The van der Waals surface area contributed by atoms with E-state index in [1.165, 1.54) is 12.1 Å². The van der Waals surface area contributed by atoms with Crippen LogP contribution in [0.1, 0.15) is 11.4 Å². The number of sulfonamides is 1. The molecule has 0 saturated heterocycles. The van der Waals surface area contributed by atoms with Gasteiger partial charge in [0, 0.05) is 6.42 Å². The number of fused-ring (bicyclic) bond motifs is 1. The molecule has 5 N–H and O–H groups in total. The Morgan fingerprint density at radius 1 is 1.17 bits per heavy atom. The second kappa shape index (κ2) is 7.29. The normalized spacial score (nSPS) is 10.9. The highest BCUT2D eigenvalue weighted by molar-refractivity contribution is 7.89. The zero-order valence-electron chi connectivity index (χ0n) is 11.8. The summed E-state index contributed by atoms with van der Waals surface area (Å²) in [4.78, 5) is 7.41. The molecule has 0 aliphatic rings. The van der Waals surface area contributed by atoms with Gasteiger partial charge in [0.2, 0.25) is 10.0 Å². The molecule has 3 rings (SSSR count). The number of benzene rings is 2. The van der Waals surface area contributed by atoms with Gasteiger partial charge in [-0.1, -0.05) is 41.9 Å². The molecule has 124 valence electrons. The lowest BCUT2D eigenvalue weighted by Gasteiger charge is -2.00. The number of primary sulfonamides is 1. The largest absolute Gasteiger partial charge is 0.412 e. The molecule has 0 amide bonds. The van der Waals surface area contributed by atoms with Gasteiger partial charge in [0.1, 0.15) is 10.7 Å². The van der Waals surface area contributed by atoms with Crippen LogP contribution in [0, 0.1) is 0 Å². The highest BCUT2D eigenvalue weighted by atomic mass is 35.5. The molecule has 0 spiro atoms. The number of H-pyrrole nitrogens is 1. The molecule has 9 heteroatoms. The average Bonchev–Trinajstić information content (AvgIpc) is 2.79. The highest BCUT2D eigenvalue weighted by Gasteiger charge is 2.16. The average molecular weight is 376 g/mol. The van der Waals surface area contributed by atoms with Gasteiger partial charge >= 0.3 is 0 Å². The second-order valence-corrected chi connectivity index (χ2v) is 6.63. The van der Waals surface area contributed by atoms with Crippen molar-refractivity contribution in [2.24, 2.45) is 5.14 Å². The molecule has 0 saturated carbocycles. The molecule has 0 atom stereocenters. The highest BCUT2D eigenvalue weighted by Crippen LogP contribution is 2.26. The first-order chi connectivity index (χ1) is 9.93. The third-order valence-corrected chi connectivity index (χ3v) is 4.48. The van der Waals surface area contributed by atoms with Gasteiger partial charge in [0.25, 0.3) is 0 Å². The van der Waals surface area contributed by atoms with E-state index in [-0.39, 0.29) is 27.8 Å². The topological polar surface area (TPSA) is 120 Å². The van der Waals surface area contributed by atoms with Crippen molar-refractivity contribution >= 4 is 45.1 Å². The fraction of sp³-hybridized carbons (Fsp3) is 0.0714. The van der Waals surface area contributed by atoms with Crippen LogP contribution >= 0.6 is 24.0 Å². The number of imidazole rings is 1. The number of nitrogens with one attached hydrogen (secondary N) is 1. The van der Waals surface area contributed by atoms with E-state index in [2.05, 4.69) is 9.97 Å². The molecule has 0 unspecified atom stereocenters. The Bertz CT molecular complexity index is 912. The van der Waals surface area contributed by atoms with Crippen LogP contribution < -0.4 is 5.14 Å². The minimum atomic E-state index is -3.85. The van der Waals surface area contributed by atoms with Crippen LogP contribution in [0.15, 0.2) is 47.4 Å². The Balaban J connectivity index is 0.00000132. The maximum absolute atomic E-state index is 11.5. The number of nitrogens with zero attached hydrogens (tertiary/aromatic N) is 1. The van der Waals surface area contributed by atoms with Crippen LogP contribution in [0.3, 0.4) is 0 Å². The van der Waals surface area contributed by atoms with Crippen LogP contribution in [-0.2, 0) is 16.4 Å². The molecule has 0 aliphatic carbocycles. The van der Waals surface area contributed by atoms with Crippen LogP contribution in [-0.4, -0.2) is 23.9 Å². The van der Waals surface area contributed by atoms with Gasteiger partial charge in [-0.3, -0.25) is 0 Å². The van der Waals surface area contributed by atoms with E-state index < -0.39 is 10.0 Å². The number of aromatic nitrogens is 2. The molecule has 1 heterocycles. The molecule has 0 radical (unpaired) electrons. The maximum atomic E-state index is 11.5. The lowest BCUT2D eigenvalue weighted by Crippen LogP contribution is -2.12. The molecule has 1 aromatic heterocycles. The van der Waals surface area contributed by atoms with Gasteiger partial charge in [0.15, 0.2) is 0 Å². The van der Waals surface area contributed by atoms with Crippen LogP contribution in [0.25, 0.3) is 11.0 Å². The number of hydrogen-bond acceptors (Lipinski definition) is 3. The van der Waals surface area contributed by atoms with Gasteiger partial charge in [0.05, 0.1) is 16.1 Å². The SMILES string of the molecule is Cl.NS(=O)(=O)c1cc2[nH]c(Cc3ccccc3)nc2cc1Cl.O. The number of hydrogen-bond donors (Lipinski definition) is 2. The standard InChI is InChI=1S/C14H12ClN3O2S.ClH.H2O/c15-10-7-11-12(8-13(10)21(16,19)20)18-14(17-11)6-9-4-2-1-3-5-9;;/h1-5,7-8H,6H2,(H,17,18)(H2,16,19,20);1H;1H2. The zero-order chi connectivity index (χ0) is 15.0. The minimum absolute atomic E-state index is 0. The predicted octanol–water partition coefficient (Wildman–Crippen LogP) is 2.05. The molecular weight excluding hydrogens is 361 g/mol. The zero-order valence-corrected chi connectivity index (χ0v) is 14.2. The van der Waals surface area contributed by atoms with E-state index >= 15 is 0 Å². The molecule has 6 nitrogen and oxygen atoms in total. The van der Waals surface area contributed by atoms with Crippen LogP contribution in [0.2, 0.25) is 5.02 Å². The molecular formula is C14H15Cl2N3O3S. The van der Waals surface area contributed by atoms with E-state index in [1.54, 1.807) is 0 Å². The van der Waals surface area contributed by atoms with E-state index in [4.69, 9.17) is 16.7 Å². The van der Waals surface area contributed by atoms with Crippen LogP contribution in [0.5, 0.6) is 0 Å². The molecule has 0 bridgehead atoms. The summed E-state index contributed by atoms with van der Waals surface area (Å²) in [5.74, 6) is 0.735. The van der Waals surface area contributed by atoms with E-state index in [9.17, 15) is 8.42 Å². The van der Waals surface area contributed by atoms with Gasteiger partial charge in [-0.15, -0.1) is 12.4 Å². The van der Waals surface area contributed by atoms with Crippen molar-refractivity contribution in [3.8, 4) is 0 Å². The Kier molecular flexibility index (Phi) is 6.15. The van der Waals surface area contributed by atoms with Crippen molar-refractivity contribution in [2.45, 2.75) is 11.3 Å². The summed E-state index contributed by atoms with van der Waals surface area (Å²) in [7, 11) is -3.85. The monoisotopic (exact) mass is 375 g/mol. The first-order valence-corrected chi connectivity index (χ1v) is 8.11. The third kappa shape index (κ3) is 4.21. The molecule has 2 aromatic carbocycles. The van der Waals surface area contributed by atoms with Crippen molar-refractivity contribution in [2.75, 3.05) is 0 Å². The summed E-state index contributed by atoms with van der Waals surface area (Å²) in [6.45, 7) is 0. The maximum Gasteiger partial charge on any atom is 0.239 e. The van der Waals surface area contributed by atoms with E-state index in [0.717, 1.165) is 11.4 Å². The molecule has 0 aliphatic heterocycles. The van der Waals surface area contributed by atoms with Crippen molar-refractivity contribution in [3.05, 3.63) is 58.9 Å². The van der Waals surface area contributed by atoms with Gasteiger partial charge in [-0.05, 0) is 17.7 Å². The summed E-state index contributed by atoms with van der Waals surface area (Å²) < 4.78 is 22.9. The van der Waals surface area contributed by atoms with Crippen molar-refractivity contribution in [1.82, 2.24) is 9.97 Å². The number of nitrogens with two attached hydrogens (primary N) is 1. The summed E-state index contributed by atoms with van der Waals surface area (Å²) in [6.07, 6.45) is 0.623. The first kappa shape index (κ1) is 19.4.